The van der Waals surface area contributed by atoms with Crippen LogP contribution in [0.3, 0.4) is 0 Å². The Morgan fingerprint density at radius 2 is 1.84 bits per heavy atom. The van der Waals surface area contributed by atoms with Crippen molar-refractivity contribution in [2.45, 2.75) is 13.5 Å². The number of hydrogen-bond acceptors (Lipinski definition) is 6. The Hall–Kier alpha value is -4.20. The molecule has 0 atom stereocenters. The summed E-state index contributed by atoms with van der Waals surface area (Å²) in [6.07, 6.45) is 0. The van der Waals surface area contributed by atoms with Crippen molar-refractivity contribution in [2.24, 2.45) is 0 Å². The van der Waals surface area contributed by atoms with Gasteiger partial charge >= 0.3 is 0 Å². The summed E-state index contributed by atoms with van der Waals surface area (Å²) in [5, 5.41) is 7.45. The average Bonchev–Trinajstić information content (AvgIpc) is 2.81. The minimum Gasteiger partial charge on any atom is -0.494 e. The summed E-state index contributed by atoms with van der Waals surface area (Å²) in [5.74, 6) is 0.133. The van der Waals surface area contributed by atoms with Crippen molar-refractivity contribution in [3.63, 3.8) is 0 Å². The number of nitrogens with zero attached hydrogens (tertiary/aromatic N) is 2. The zero-order valence-corrected chi connectivity index (χ0v) is 17.4. The van der Waals surface area contributed by atoms with Crippen LogP contribution >= 0.6 is 0 Å². The van der Waals surface area contributed by atoms with Crippen molar-refractivity contribution >= 4 is 16.9 Å². The molecule has 4 rings (SSSR count). The fraction of sp³-hybridized carbons (Fsp3) is 0.167. The van der Waals surface area contributed by atoms with E-state index >= 15 is 0 Å². The van der Waals surface area contributed by atoms with Gasteiger partial charge in [-0.2, -0.15) is 5.10 Å². The number of fused-ring (bicyclic) bond motifs is 1. The van der Waals surface area contributed by atoms with Crippen molar-refractivity contribution in [2.75, 3.05) is 13.2 Å². The number of carbonyl (C=O) groups is 1. The van der Waals surface area contributed by atoms with E-state index in [0.717, 1.165) is 17.4 Å². The molecule has 0 aliphatic rings. The van der Waals surface area contributed by atoms with Gasteiger partial charge in [0.25, 0.3) is 11.5 Å². The lowest BCUT2D eigenvalue weighted by Crippen LogP contribution is -2.32. The molecule has 32 heavy (non-hydrogen) atoms. The number of nitrogens with one attached hydrogen (secondary N) is 1. The maximum Gasteiger partial charge on any atom is 0.287 e. The van der Waals surface area contributed by atoms with Gasteiger partial charge in [-0.25, -0.2) is 4.68 Å². The van der Waals surface area contributed by atoms with Crippen LogP contribution in [0.4, 0.5) is 0 Å². The van der Waals surface area contributed by atoms with Gasteiger partial charge in [-0.05, 0) is 49.4 Å². The molecule has 8 nitrogen and oxygen atoms in total. The lowest BCUT2D eigenvalue weighted by atomic mass is 10.1. The molecule has 1 amide bonds. The molecule has 0 radical (unpaired) electrons. The van der Waals surface area contributed by atoms with Gasteiger partial charge in [0.1, 0.15) is 11.3 Å². The molecule has 8 heteroatoms. The minimum absolute atomic E-state index is 0.0860. The largest absolute Gasteiger partial charge is 0.494 e. The molecule has 2 aromatic heterocycles. The van der Waals surface area contributed by atoms with Crippen LogP contribution in [0.1, 0.15) is 17.5 Å². The quantitative estimate of drug-likeness (QED) is 0.483. The third kappa shape index (κ3) is 4.59. The summed E-state index contributed by atoms with van der Waals surface area (Å²) >= 11 is 0. The monoisotopic (exact) mass is 431 g/mol. The Balaban J connectivity index is 1.45. The van der Waals surface area contributed by atoms with Crippen LogP contribution in [-0.4, -0.2) is 28.8 Å². The third-order valence-electron chi connectivity index (χ3n) is 4.80. The van der Waals surface area contributed by atoms with E-state index in [1.54, 1.807) is 30.3 Å². The first-order valence-corrected chi connectivity index (χ1v) is 10.2. The van der Waals surface area contributed by atoms with Crippen LogP contribution in [0, 0.1) is 0 Å². The summed E-state index contributed by atoms with van der Waals surface area (Å²) < 4.78 is 12.2. The summed E-state index contributed by atoms with van der Waals surface area (Å²) in [4.78, 5) is 36.8. The molecule has 0 saturated carbocycles. The summed E-state index contributed by atoms with van der Waals surface area (Å²) in [7, 11) is 0. The molecule has 162 valence electrons. The number of rotatable bonds is 7. The highest BCUT2D eigenvalue weighted by Gasteiger charge is 2.12. The van der Waals surface area contributed by atoms with E-state index in [-0.39, 0.29) is 29.8 Å². The second-order valence-electron chi connectivity index (χ2n) is 6.96. The van der Waals surface area contributed by atoms with Crippen LogP contribution in [0.5, 0.6) is 5.75 Å². The Labute approximate surface area is 183 Å². The maximum atomic E-state index is 12.4. The Morgan fingerprint density at radius 3 is 2.62 bits per heavy atom. The van der Waals surface area contributed by atoms with E-state index in [4.69, 9.17) is 9.15 Å². The van der Waals surface area contributed by atoms with E-state index in [2.05, 4.69) is 10.4 Å². The van der Waals surface area contributed by atoms with Gasteiger partial charge in [-0.3, -0.25) is 14.4 Å². The van der Waals surface area contributed by atoms with E-state index < -0.39 is 5.91 Å². The Morgan fingerprint density at radius 1 is 1.06 bits per heavy atom. The predicted molar refractivity (Wildman–Crippen MR) is 120 cm³/mol. The number of carbonyl (C=O) groups excluding carboxylic acids is 1. The van der Waals surface area contributed by atoms with Gasteiger partial charge in [0, 0.05) is 24.2 Å². The molecule has 0 aliphatic carbocycles. The van der Waals surface area contributed by atoms with Gasteiger partial charge in [-0.1, -0.05) is 12.1 Å². The summed E-state index contributed by atoms with van der Waals surface area (Å²) in [5.41, 5.74) is 1.22. The standard InChI is InChI=1S/C24H21N3O5/c1-2-31-17-9-7-16(8-10-17)19-11-12-23(29)27(26-19)14-13-25-24(30)22-15-20(28)18-5-3-4-6-21(18)32-22/h3-12,15H,2,13-14H2,1H3,(H,25,30). The van der Waals surface area contributed by atoms with Crippen LogP contribution in [0.2, 0.25) is 0 Å². The molecule has 4 aromatic rings. The van der Waals surface area contributed by atoms with Crippen molar-refractivity contribution < 1.29 is 13.9 Å². The molecule has 2 heterocycles. The van der Waals surface area contributed by atoms with Gasteiger partial charge in [0.15, 0.2) is 11.2 Å². The Kier molecular flexibility index (Phi) is 6.12. The summed E-state index contributed by atoms with van der Waals surface area (Å²) in [6.45, 7) is 2.79. The van der Waals surface area contributed by atoms with Gasteiger partial charge in [-0.15, -0.1) is 0 Å². The molecule has 0 spiro atoms. The summed E-state index contributed by atoms with van der Waals surface area (Å²) in [6, 6.07) is 18.4. The SMILES string of the molecule is CCOc1ccc(-c2ccc(=O)n(CCNC(=O)c3cc(=O)c4ccccc4o3)n2)cc1. The average molecular weight is 431 g/mol. The van der Waals surface area contributed by atoms with Gasteiger partial charge in [0.05, 0.1) is 24.2 Å². The molecule has 0 bridgehead atoms. The van der Waals surface area contributed by atoms with Crippen LogP contribution in [0.15, 0.2) is 80.7 Å². The fourth-order valence-electron chi connectivity index (χ4n) is 3.23. The van der Waals surface area contributed by atoms with Crippen molar-refractivity contribution in [1.82, 2.24) is 15.1 Å². The van der Waals surface area contributed by atoms with Crippen LogP contribution in [-0.2, 0) is 6.54 Å². The number of benzene rings is 2. The number of ether oxygens (including phenoxy) is 1. The molecule has 0 fully saturated rings. The molecule has 0 aliphatic heterocycles. The van der Waals surface area contributed by atoms with E-state index in [1.807, 2.05) is 31.2 Å². The molecule has 1 N–H and O–H groups in total. The highest BCUT2D eigenvalue weighted by atomic mass is 16.5. The fourth-order valence-corrected chi connectivity index (χ4v) is 3.23. The normalized spacial score (nSPS) is 10.8. The first-order valence-electron chi connectivity index (χ1n) is 10.2. The maximum absolute atomic E-state index is 12.4. The lowest BCUT2D eigenvalue weighted by Gasteiger charge is -2.09. The second kappa shape index (κ2) is 9.30. The number of amides is 1. The zero-order valence-electron chi connectivity index (χ0n) is 17.4. The van der Waals surface area contributed by atoms with Gasteiger partial charge < -0.3 is 14.5 Å². The van der Waals surface area contributed by atoms with Crippen LogP contribution < -0.4 is 21.0 Å². The number of para-hydroxylation sites is 1. The third-order valence-corrected chi connectivity index (χ3v) is 4.80. The van der Waals surface area contributed by atoms with Crippen molar-refractivity contribution in [3.8, 4) is 17.0 Å². The highest BCUT2D eigenvalue weighted by Crippen LogP contribution is 2.19. The van der Waals surface area contributed by atoms with E-state index in [0.29, 0.717) is 23.3 Å². The topological polar surface area (TPSA) is 103 Å². The van der Waals surface area contributed by atoms with Crippen molar-refractivity contribution in [3.05, 3.63) is 93.1 Å². The van der Waals surface area contributed by atoms with Crippen LogP contribution in [0.25, 0.3) is 22.2 Å². The number of hydrogen-bond donors (Lipinski definition) is 1. The molecule has 0 saturated heterocycles. The lowest BCUT2D eigenvalue weighted by molar-refractivity contribution is 0.0924. The van der Waals surface area contributed by atoms with Gasteiger partial charge in [0.2, 0.25) is 0 Å². The minimum atomic E-state index is -0.538. The molecular weight excluding hydrogens is 410 g/mol. The Bertz CT molecular complexity index is 1370. The first kappa shape index (κ1) is 21.0. The van der Waals surface area contributed by atoms with Crippen molar-refractivity contribution in [1.29, 1.82) is 0 Å². The van der Waals surface area contributed by atoms with E-state index in [9.17, 15) is 14.4 Å². The predicted octanol–water partition coefficient (Wildman–Crippen LogP) is 2.85. The second-order valence-corrected chi connectivity index (χ2v) is 6.96. The highest BCUT2D eigenvalue weighted by molar-refractivity contribution is 5.93. The molecular formula is C24H21N3O5. The zero-order chi connectivity index (χ0) is 22.5. The smallest absolute Gasteiger partial charge is 0.287 e. The van der Waals surface area contributed by atoms with E-state index in [1.165, 1.54) is 10.7 Å². The molecule has 2 aromatic carbocycles. The number of aromatic nitrogens is 2. The molecule has 0 unspecified atom stereocenters. The first-order chi connectivity index (χ1) is 15.5.